The summed E-state index contributed by atoms with van der Waals surface area (Å²) in [5, 5.41) is 9.36. The van der Waals surface area contributed by atoms with Crippen molar-refractivity contribution >= 4 is 11.6 Å². The molecule has 19 heavy (non-hydrogen) atoms. The molecule has 1 nitrogen and oxygen atoms in total. The third-order valence-corrected chi connectivity index (χ3v) is 4.31. The summed E-state index contributed by atoms with van der Waals surface area (Å²) in [6.07, 6.45) is 1.87. The normalized spacial score (nSPS) is 14.0. The van der Waals surface area contributed by atoms with Crippen molar-refractivity contribution in [3.63, 3.8) is 0 Å². The molecule has 0 aliphatic rings. The lowest BCUT2D eigenvalue weighted by molar-refractivity contribution is 0.455. The zero-order valence-electron chi connectivity index (χ0n) is 11.1. The molecule has 0 aromatic heterocycles. The Hall–Kier alpha value is -1.47. The van der Waals surface area contributed by atoms with Crippen LogP contribution < -0.4 is 0 Å². The first kappa shape index (κ1) is 14.0. The molecule has 100 valence electrons. The Morgan fingerprint density at radius 2 is 1.63 bits per heavy atom. The largest absolute Gasteiger partial charge is 0.508 e. The number of rotatable bonds is 5. The van der Waals surface area contributed by atoms with Gasteiger partial charge in [-0.2, -0.15) is 0 Å². The van der Waals surface area contributed by atoms with E-state index in [9.17, 15) is 5.11 Å². The first-order chi connectivity index (χ1) is 9.20. The summed E-state index contributed by atoms with van der Waals surface area (Å²) in [5.41, 5.74) is 2.43. The van der Waals surface area contributed by atoms with Gasteiger partial charge in [-0.3, -0.25) is 0 Å². The Kier molecular flexibility index (Phi) is 4.49. The smallest absolute Gasteiger partial charge is 0.115 e. The average Bonchev–Trinajstić information content (AvgIpc) is 2.48. The maximum Gasteiger partial charge on any atom is 0.115 e. The Balaban J connectivity index is 2.32. The van der Waals surface area contributed by atoms with Gasteiger partial charge in [0.1, 0.15) is 5.75 Å². The van der Waals surface area contributed by atoms with Crippen LogP contribution in [-0.2, 0) is 11.8 Å². The van der Waals surface area contributed by atoms with Crippen LogP contribution in [0.5, 0.6) is 5.75 Å². The summed E-state index contributed by atoms with van der Waals surface area (Å²) in [6.45, 7) is 2.18. The predicted octanol–water partition coefficient (Wildman–Crippen LogP) is 4.52. The molecule has 0 saturated carbocycles. The van der Waals surface area contributed by atoms with E-state index in [2.05, 4.69) is 31.2 Å². The average molecular weight is 275 g/mol. The summed E-state index contributed by atoms with van der Waals surface area (Å²) in [6, 6.07) is 17.8. The van der Waals surface area contributed by atoms with Gasteiger partial charge < -0.3 is 5.11 Å². The molecule has 0 bridgehead atoms. The molecular weight excluding hydrogens is 256 g/mol. The van der Waals surface area contributed by atoms with Crippen LogP contribution in [0, 0.1) is 0 Å². The molecular formula is C17H19ClO. The van der Waals surface area contributed by atoms with Crippen molar-refractivity contribution in [2.45, 2.75) is 25.2 Å². The Morgan fingerprint density at radius 1 is 1.00 bits per heavy atom. The summed E-state index contributed by atoms with van der Waals surface area (Å²) < 4.78 is 0. The highest BCUT2D eigenvalue weighted by molar-refractivity contribution is 6.18. The summed E-state index contributed by atoms with van der Waals surface area (Å²) >= 11 is 6.29. The maximum atomic E-state index is 9.36. The third kappa shape index (κ3) is 3.10. The molecule has 0 aliphatic heterocycles. The van der Waals surface area contributed by atoms with Gasteiger partial charge in [0, 0.05) is 11.3 Å². The van der Waals surface area contributed by atoms with E-state index >= 15 is 0 Å². The van der Waals surface area contributed by atoms with Crippen LogP contribution in [0.2, 0.25) is 0 Å². The number of phenolic OH excluding ortho intramolecular Hbond substituents is 1. The molecule has 0 saturated heterocycles. The quantitative estimate of drug-likeness (QED) is 0.795. The number of halogens is 1. The van der Waals surface area contributed by atoms with Gasteiger partial charge >= 0.3 is 0 Å². The van der Waals surface area contributed by atoms with E-state index in [4.69, 9.17) is 11.6 Å². The van der Waals surface area contributed by atoms with E-state index in [-0.39, 0.29) is 5.41 Å². The number of phenols is 1. The fourth-order valence-electron chi connectivity index (χ4n) is 2.45. The SMILES string of the molecule is CCC(CCl)(Cc1ccc(O)cc1)c1ccccc1. The zero-order chi connectivity index (χ0) is 13.7. The number of hydrogen-bond donors (Lipinski definition) is 1. The Morgan fingerprint density at radius 3 is 2.16 bits per heavy atom. The van der Waals surface area contributed by atoms with Gasteiger partial charge in [0.15, 0.2) is 0 Å². The van der Waals surface area contributed by atoms with Crippen molar-refractivity contribution in [2.75, 3.05) is 5.88 Å². The first-order valence-electron chi connectivity index (χ1n) is 6.59. The molecule has 0 amide bonds. The minimum absolute atomic E-state index is 0.0419. The van der Waals surface area contributed by atoms with Crippen molar-refractivity contribution in [1.29, 1.82) is 0 Å². The number of hydrogen-bond acceptors (Lipinski definition) is 1. The van der Waals surface area contributed by atoms with Crippen LogP contribution in [0.4, 0.5) is 0 Å². The second kappa shape index (κ2) is 6.12. The van der Waals surface area contributed by atoms with Crippen molar-refractivity contribution in [1.82, 2.24) is 0 Å². The summed E-state index contributed by atoms with van der Waals surface area (Å²) in [7, 11) is 0. The van der Waals surface area contributed by atoms with Crippen LogP contribution >= 0.6 is 11.6 Å². The molecule has 1 unspecified atom stereocenters. The number of aromatic hydroxyl groups is 1. The van der Waals surface area contributed by atoms with Crippen LogP contribution in [0.25, 0.3) is 0 Å². The lowest BCUT2D eigenvalue weighted by Gasteiger charge is -2.31. The molecule has 0 fully saturated rings. The van der Waals surface area contributed by atoms with Gasteiger partial charge in [-0.05, 0) is 36.1 Å². The van der Waals surface area contributed by atoms with E-state index in [0.717, 1.165) is 12.8 Å². The van der Waals surface area contributed by atoms with E-state index in [1.165, 1.54) is 11.1 Å². The van der Waals surface area contributed by atoms with Crippen molar-refractivity contribution < 1.29 is 5.11 Å². The Labute approximate surface area is 119 Å². The molecule has 2 rings (SSSR count). The molecule has 2 heteroatoms. The third-order valence-electron chi connectivity index (χ3n) is 3.80. The highest BCUT2D eigenvalue weighted by Crippen LogP contribution is 2.33. The monoisotopic (exact) mass is 274 g/mol. The standard InChI is InChI=1S/C17H19ClO/c1-2-17(13-18,15-6-4-3-5-7-15)12-14-8-10-16(19)11-9-14/h3-11,19H,2,12-13H2,1H3. The van der Waals surface area contributed by atoms with E-state index in [1.54, 1.807) is 12.1 Å². The van der Waals surface area contributed by atoms with E-state index in [0.29, 0.717) is 11.6 Å². The van der Waals surface area contributed by atoms with Gasteiger partial charge in [-0.1, -0.05) is 49.4 Å². The van der Waals surface area contributed by atoms with Gasteiger partial charge in [0.05, 0.1) is 0 Å². The second-order valence-corrected chi connectivity index (χ2v) is 5.24. The van der Waals surface area contributed by atoms with Crippen LogP contribution in [0.3, 0.4) is 0 Å². The lowest BCUT2D eigenvalue weighted by Crippen LogP contribution is -2.30. The van der Waals surface area contributed by atoms with Crippen LogP contribution in [-0.4, -0.2) is 11.0 Å². The van der Waals surface area contributed by atoms with E-state index in [1.807, 2.05) is 18.2 Å². The fraction of sp³-hybridized carbons (Fsp3) is 0.294. The molecule has 0 heterocycles. The van der Waals surface area contributed by atoms with Gasteiger partial charge in [-0.25, -0.2) is 0 Å². The minimum atomic E-state index is -0.0419. The molecule has 0 spiro atoms. The molecule has 2 aromatic carbocycles. The zero-order valence-corrected chi connectivity index (χ0v) is 11.9. The number of benzene rings is 2. The van der Waals surface area contributed by atoms with Crippen molar-refractivity contribution in [3.8, 4) is 5.75 Å². The van der Waals surface area contributed by atoms with Crippen LogP contribution in [0.15, 0.2) is 54.6 Å². The maximum absolute atomic E-state index is 9.36. The molecule has 1 atom stereocenters. The van der Waals surface area contributed by atoms with Crippen LogP contribution in [0.1, 0.15) is 24.5 Å². The molecule has 0 aliphatic carbocycles. The Bertz CT molecular complexity index is 501. The summed E-state index contributed by atoms with van der Waals surface area (Å²) in [4.78, 5) is 0. The van der Waals surface area contributed by atoms with Gasteiger partial charge in [-0.15, -0.1) is 11.6 Å². The molecule has 1 N–H and O–H groups in total. The van der Waals surface area contributed by atoms with E-state index < -0.39 is 0 Å². The highest BCUT2D eigenvalue weighted by Gasteiger charge is 2.29. The van der Waals surface area contributed by atoms with Gasteiger partial charge in [0.2, 0.25) is 0 Å². The van der Waals surface area contributed by atoms with Crippen molar-refractivity contribution in [3.05, 3.63) is 65.7 Å². The highest BCUT2D eigenvalue weighted by atomic mass is 35.5. The first-order valence-corrected chi connectivity index (χ1v) is 7.13. The minimum Gasteiger partial charge on any atom is -0.508 e. The lowest BCUT2D eigenvalue weighted by atomic mass is 9.75. The fourth-order valence-corrected chi connectivity index (χ4v) is 2.88. The summed E-state index contributed by atoms with van der Waals surface area (Å²) in [5.74, 6) is 0.894. The van der Waals surface area contributed by atoms with Gasteiger partial charge in [0.25, 0.3) is 0 Å². The number of alkyl halides is 1. The molecule has 0 radical (unpaired) electrons. The second-order valence-electron chi connectivity index (χ2n) is 4.98. The molecule has 2 aromatic rings. The topological polar surface area (TPSA) is 20.2 Å². The van der Waals surface area contributed by atoms with Crippen molar-refractivity contribution in [2.24, 2.45) is 0 Å². The predicted molar refractivity (Wildman–Crippen MR) is 80.9 cm³/mol.